The monoisotopic (exact) mass is 349 g/mol. The van der Waals surface area contributed by atoms with Gasteiger partial charge in [-0.1, -0.05) is 23.7 Å². The molecule has 0 radical (unpaired) electrons. The van der Waals surface area contributed by atoms with E-state index in [-0.39, 0.29) is 16.5 Å². The van der Waals surface area contributed by atoms with E-state index in [1.54, 1.807) is 0 Å². The number of nitrogens with one attached hydrogen (secondary N) is 1. The second kappa shape index (κ2) is 6.97. The van der Waals surface area contributed by atoms with Gasteiger partial charge in [0.15, 0.2) is 0 Å². The molecular weight excluding hydrogens is 340 g/mol. The number of carbonyl (C=O) groups excluding carboxylic acids is 2. The second-order valence-corrected chi connectivity index (χ2v) is 4.98. The van der Waals surface area contributed by atoms with Crippen LogP contribution in [0.5, 0.6) is 5.75 Å². The number of carboxylic acids is 1. The third kappa shape index (κ3) is 3.44. The van der Waals surface area contributed by atoms with Crippen molar-refractivity contribution in [2.75, 3.05) is 12.4 Å². The molecule has 0 spiro atoms. The lowest BCUT2D eigenvalue weighted by Crippen LogP contribution is -2.27. The Kier molecular flexibility index (Phi) is 5.00. The Morgan fingerprint density at radius 2 is 1.96 bits per heavy atom. The van der Waals surface area contributed by atoms with Crippen LogP contribution in [0, 0.1) is 10.1 Å². The van der Waals surface area contributed by atoms with Crippen molar-refractivity contribution in [2.45, 2.75) is 0 Å². The number of amides is 1. The first kappa shape index (κ1) is 17.2. The Balaban J connectivity index is 2.53. The van der Waals surface area contributed by atoms with Gasteiger partial charge >= 0.3 is 0 Å². The number of nitro benzene ring substituents is 1. The van der Waals surface area contributed by atoms with E-state index in [0.717, 1.165) is 18.2 Å². The van der Waals surface area contributed by atoms with E-state index >= 15 is 0 Å². The maximum atomic E-state index is 12.4. The summed E-state index contributed by atoms with van der Waals surface area (Å²) in [6.07, 6.45) is 0. The number of ether oxygens (including phenoxy) is 1. The third-order valence-corrected chi connectivity index (χ3v) is 3.33. The van der Waals surface area contributed by atoms with Gasteiger partial charge in [-0.05, 0) is 18.2 Å². The summed E-state index contributed by atoms with van der Waals surface area (Å²) in [5.74, 6) is -2.45. The van der Waals surface area contributed by atoms with E-state index in [1.807, 2.05) is 0 Å². The minimum atomic E-state index is -1.71. The molecule has 0 aliphatic carbocycles. The molecule has 0 saturated carbocycles. The molecule has 1 amide bonds. The van der Waals surface area contributed by atoms with E-state index < -0.39 is 33.6 Å². The van der Waals surface area contributed by atoms with Gasteiger partial charge in [0.1, 0.15) is 11.3 Å². The van der Waals surface area contributed by atoms with Crippen LogP contribution < -0.4 is 15.2 Å². The number of rotatable bonds is 5. The smallest absolute Gasteiger partial charge is 0.282 e. The normalized spacial score (nSPS) is 10.1. The number of benzene rings is 2. The summed E-state index contributed by atoms with van der Waals surface area (Å²) < 4.78 is 5.06. The van der Waals surface area contributed by atoms with Crippen molar-refractivity contribution in [3.05, 3.63) is 62.7 Å². The quantitative estimate of drug-likeness (QED) is 0.649. The van der Waals surface area contributed by atoms with Crippen molar-refractivity contribution in [3.63, 3.8) is 0 Å². The topological polar surface area (TPSA) is 122 Å². The molecule has 0 fully saturated rings. The molecule has 0 unspecified atom stereocenters. The molecule has 0 heterocycles. The van der Waals surface area contributed by atoms with E-state index in [1.165, 1.54) is 25.3 Å². The van der Waals surface area contributed by atoms with Crippen molar-refractivity contribution in [1.82, 2.24) is 0 Å². The SMILES string of the molecule is COc1ccc(Cl)cc1NC(=O)c1c(C(=O)[O-])cccc1[N+](=O)[O-]. The van der Waals surface area contributed by atoms with E-state index in [4.69, 9.17) is 16.3 Å². The van der Waals surface area contributed by atoms with Crippen LogP contribution in [-0.2, 0) is 0 Å². The number of nitrogens with zero attached hydrogens (tertiary/aromatic N) is 1. The van der Waals surface area contributed by atoms with Crippen LogP contribution in [0.1, 0.15) is 20.7 Å². The highest BCUT2D eigenvalue weighted by atomic mass is 35.5. The van der Waals surface area contributed by atoms with Gasteiger partial charge in [-0.15, -0.1) is 0 Å². The minimum Gasteiger partial charge on any atom is -0.545 e. The Bertz CT molecular complexity index is 804. The molecule has 9 heteroatoms. The first-order chi connectivity index (χ1) is 11.3. The van der Waals surface area contributed by atoms with Crippen molar-refractivity contribution in [1.29, 1.82) is 0 Å². The Labute approximate surface area is 140 Å². The summed E-state index contributed by atoms with van der Waals surface area (Å²) in [7, 11) is 1.36. The molecule has 0 saturated heterocycles. The summed E-state index contributed by atoms with van der Waals surface area (Å²) in [6.45, 7) is 0. The molecule has 8 nitrogen and oxygen atoms in total. The predicted molar refractivity (Wildman–Crippen MR) is 83.4 cm³/mol. The number of carbonyl (C=O) groups is 2. The van der Waals surface area contributed by atoms with Gasteiger partial charge in [0.25, 0.3) is 11.6 Å². The van der Waals surface area contributed by atoms with E-state index in [0.29, 0.717) is 0 Å². The highest BCUT2D eigenvalue weighted by Gasteiger charge is 2.25. The van der Waals surface area contributed by atoms with E-state index in [9.17, 15) is 24.8 Å². The van der Waals surface area contributed by atoms with Gasteiger partial charge < -0.3 is 20.0 Å². The fourth-order valence-electron chi connectivity index (χ4n) is 2.06. The average Bonchev–Trinajstić information content (AvgIpc) is 2.54. The fraction of sp³-hybridized carbons (Fsp3) is 0.0667. The Morgan fingerprint density at radius 3 is 2.54 bits per heavy atom. The second-order valence-electron chi connectivity index (χ2n) is 4.54. The van der Waals surface area contributed by atoms with Crippen molar-refractivity contribution >= 4 is 34.9 Å². The van der Waals surface area contributed by atoms with Gasteiger partial charge in [-0.25, -0.2) is 0 Å². The van der Waals surface area contributed by atoms with Gasteiger partial charge in [-0.2, -0.15) is 0 Å². The Hall–Kier alpha value is -3.13. The molecule has 0 aromatic heterocycles. The molecule has 1 N–H and O–H groups in total. The number of hydrogen-bond donors (Lipinski definition) is 1. The maximum Gasteiger partial charge on any atom is 0.282 e. The molecule has 24 heavy (non-hydrogen) atoms. The van der Waals surface area contributed by atoms with Crippen molar-refractivity contribution in [2.24, 2.45) is 0 Å². The predicted octanol–water partition coefficient (Wildman–Crippen LogP) is 1.87. The number of anilines is 1. The van der Waals surface area contributed by atoms with E-state index in [2.05, 4.69) is 5.32 Å². The number of nitro groups is 1. The van der Waals surface area contributed by atoms with Crippen molar-refractivity contribution < 1.29 is 24.4 Å². The first-order valence-electron chi connectivity index (χ1n) is 6.48. The van der Waals surface area contributed by atoms with Crippen LogP contribution in [0.25, 0.3) is 0 Å². The summed E-state index contributed by atoms with van der Waals surface area (Å²) in [6, 6.07) is 7.60. The number of methoxy groups -OCH3 is 1. The Morgan fingerprint density at radius 1 is 1.25 bits per heavy atom. The molecule has 124 valence electrons. The lowest BCUT2D eigenvalue weighted by Gasteiger charge is -2.13. The zero-order chi connectivity index (χ0) is 17.9. The third-order valence-electron chi connectivity index (χ3n) is 3.10. The number of aromatic carboxylic acids is 1. The van der Waals surface area contributed by atoms with Crippen LogP contribution in [0.15, 0.2) is 36.4 Å². The van der Waals surface area contributed by atoms with Crippen LogP contribution in [0.4, 0.5) is 11.4 Å². The molecule has 0 aliphatic rings. The molecule has 2 aromatic carbocycles. The molecule has 2 rings (SSSR count). The summed E-state index contributed by atoms with van der Waals surface area (Å²) >= 11 is 5.85. The molecule has 0 aliphatic heterocycles. The zero-order valence-corrected chi connectivity index (χ0v) is 13.0. The molecular formula is C15H10ClN2O6-. The summed E-state index contributed by atoms with van der Waals surface area (Å²) in [5, 5.41) is 24.9. The lowest BCUT2D eigenvalue weighted by molar-refractivity contribution is -0.385. The maximum absolute atomic E-state index is 12.4. The van der Waals surface area contributed by atoms with Gasteiger partial charge in [0.05, 0.1) is 23.7 Å². The van der Waals surface area contributed by atoms with Crippen LogP contribution in [0.3, 0.4) is 0 Å². The minimum absolute atomic E-state index is 0.137. The number of carboxylic acid groups (broad SMARTS) is 1. The fourth-order valence-corrected chi connectivity index (χ4v) is 2.24. The molecule has 2 aromatic rings. The van der Waals surface area contributed by atoms with Crippen LogP contribution in [0.2, 0.25) is 5.02 Å². The lowest BCUT2D eigenvalue weighted by atomic mass is 10.0. The highest BCUT2D eigenvalue weighted by Crippen LogP contribution is 2.30. The van der Waals surface area contributed by atoms with Crippen LogP contribution in [-0.4, -0.2) is 23.9 Å². The number of hydrogen-bond acceptors (Lipinski definition) is 6. The molecule has 0 atom stereocenters. The summed E-state index contributed by atoms with van der Waals surface area (Å²) in [4.78, 5) is 33.9. The van der Waals surface area contributed by atoms with Gasteiger partial charge in [0.2, 0.25) is 0 Å². The average molecular weight is 350 g/mol. The largest absolute Gasteiger partial charge is 0.545 e. The summed E-state index contributed by atoms with van der Waals surface area (Å²) in [5.41, 5.74) is -1.74. The van der Waals surface area contributed by atoms with Crippen molar-refractivity contribution in [3.8, 4) is 5.75 Å². The highest BCUT2D eigenvalue weighted by molar-refractivity contribution is 6.31. The zero-order valence-electron chi connectivity index (χ0n) is 12.2. The van der Waals surface area contributed by atoms with Gasteiger partial charge in [-0.3, -0.25) is 14.9 Å². The first-order valence-corrected chi connectivity index (χ1v) is 6.86. The molecule has 0 bridgehead atoms. The number of halogens is 1. The van der Waals surface area contributed by atoms with Gasteiger partial charge in [0, 0.05) is 16.7 Å². The standard InChI is InChI=1S/C15H11ClN2O6/c1-24-12-6-5-8(16)7-10(12)17-14(19)13-9(15(20)21)3-2-4-11(13)18(22)23/h2-7H,1H3,(H,17,19)(H,20,21)/p-1. The van der Waals surface area contributed by atoms with Crippen LogP contribution >= 0.6 is 11.6 Å².